The van der Waals surface area contributed by atoms with Crippen LogP contribution in [0, 0.1) is 0 Å². The molecule has 1 atom stereocenters. The molecule has 0 aromatic carbocycles. The van der Waals surface area contributed by atoms with Crippen LogP contribution in [0.5, 0.6) is 0 Å². The van der Waals surface area contributed by atoms with Crippen molar-refractivity contribution in [2.75, 3.05) is 23.3 Å². The number of piperidine rings is 1. The zero-order valence-corrected chi connectivity index (χ0v) is 13.0. The van der Waals surface area contributed by atoms with E-state index in [0.29, 0.717) is 18.9 Å². The normalized spacial score (nSPS) is 17.8. The molecule has 3 heterocycles. The Hall–Kier alpha value is -2.71. The zero-order valence-electron chi connectivity index (χ0n) is 13.0. The Morgan fingerprint density at radius 1 is 1.43 bits per heavy atom. The van der Waals surface area contributed by atoms with E-state index in [-0.39, 0.29) is 12.1 Å². The van der Waals surface area contributed by atoms with Crippen molar-refractivity contribution in [1.29, 1.82) is 0 Å². The van der Waals surface area contributed by atoms with E-state index >= 15 is 0 Å². The number of nitrogens with zero attached hydrogens (tertiary/aromatic N) is 6. The van der Waals surface area contributed by atoms with Gasteiger partial charge in [0.25, 0.3) is 0 Å². The number of hydrogen-bond acceptors (Lipinski definition) is 6. The van der Waals surface area contributed by atoms with Crippen molar-refractivity contribution >= 4 is 17.7 Å². The molecule has 2 N–H and O–H groups in total. The molecule has 1 fully saturated rings. The summed E-state index contributed by atoms with van der Waals surface area (Å²) < 4.78 is 1.66. The zero-order chi connectivity index (χ0) is 16.1. The number of amides is 2. The van der Waals surface area contributed by atoms with Gasteiger partial charge in [0.2, 0.25) is 0 Å². The van der Waals surface area contributed by atoms with E-state index in [2.05, 4.69) is 35.8 Å². The van der Waals surface area contributed by atoms with Crippen molar-refractivity contribution < 1.29 is 4.79 Å². The fourth-order valence-electron chi connectivity index (χ4n) is 2.61. The quantitative estimate of drug-likeness (QED) is 0.868. The monoisotopic (exact) mass is 316 g/mol. The molecule has 9 heteroatoms. The molecule has 2 aromatic rings. The van der Waals surface area contributed by atoms with Gasteiger partial charge in [-0.1, -0.05) is 5.21 Å². The Labute approximate surface area is 134 Å². The van der Waals surface area contributed by atoms with E-state index in [0.717, 1.165) is 25.2 Å². The number of carbonyl (C=O) groups is 1. The third kappa shape index (κ3) is 3.93. The molecule has 1 saturated heterocycles. The highest BCUT2D eigenvalue weighted by Gasteiger charge is 2.22. The van der Waals surface area contributed by atoms with E-state index < -0.39 is 0 Å². The average molecular weight is 316 g/mol. The molecule has 9 nitrogen and oxygen atoms in total. The van der Waals surface area contributed by atoms with Crippen molar-refractivity contribution in [2.45, 2.75) is 32.4 Å². The highest BCUT2D eigenvalue weighted by molar-refractivity contribution is 5.88. The van der Waals surface area contributed by atoms with Gasteiger partial charge in [0, 0.05) is 38.1 Å². The minimum atomic E-state index is -0.265. The number of nitrogens with one attached hydrogen (secondary N) is 2. The molecule has 2 aromatic heterocycles. The number of carbonyl (C=O) groups excluding carboxylic acids is 1. The number of aryl methyl sites for hydroxylation is 1. The van der Waals surface area contributed by atoms with Crippen molar-refractivity contribution in [3.8, 4) is 0 Å². The summed E-state index contributed by atoms with van der Waals surface area (Å²) in [7, 11) is 0. The van der Waals surface area contributed by atoms with Crippen LogP contribution < -0.4 is 15.5 Å². The van der Waals surface area contributed by atoms with Crippen LogP contribution in [0.3, 0.4) is 0 Å². The second-order valence-corrected chi connectivity index (χ2v) is 5.41. The first-order valence-electron chi connectivity index (χ1n) is 7.73. The third-order valence-corrected chi connectivity index (χ3v) is 3.73. The van der Waals surface area contributed by atoms with Gasteiger partial charge in [-0.3, -0.25) is 15.0 Å². The smallest absolute Gasteiger partial charge is 0.320 e. The van der Waals surface area contributed by atoms with Gasteiger partial charge in [0.05, 0.1) is 12.4 Å². The van der Waals surface area contributed by atoms with Gasteiger partial charge in [0.1, 0.15) is 5.82 Å². The molecule has 2 amide bonds. The molecule has 1 aliphatic heterocycles. The molecular weight excluding hydrogens is 296 g/mol. The average Bonchev–Trinajstić information content (AvgIpc) is 3.03. The highest BCUT2D eigenvalue weighted by atomic mass is 16.2. The molecule has 122 valence electrons. The Morgan fingerprint density at radius 2 is 2.35 bits per heavy atom. The van der Waals surface area contributed by atoms with Crippen molar-refractivity contribution in [3.05, 3.63) is 24.8 Å². The van der Waals surface area contributed by atoms with E-state index in [1.165, 1.54) is 0 Å². The lowest BCUT2D eigenvalue weighted by Gasteiger charge is -2.33. The summed E-state index contributed by atoms with van der Waals surface area (Å²) in [6, 6.07) is -0.203. The van der Waals surface area contributed by atoms with Crippen LogP contribution in [0.4, 0.5) is 16.4 Å². The maximum atomic E-state index is 12.1. The number of anilines is 2. The van der Waals surface area contributed by atoms with Crippen LogP contribution in [0.15, 0.2) is 24.8 Å². The first-order chi connectivity index (χ1) is 11.2. The van der Waals surface area contributed by atoms with E-state index in [1.807, 2.05) is 6.92 Å². The second kappa shape index (κ2) is 7.03. The first-order valence-corrected chi connectivity index (χ1v) is 7.73. The first kappa shape index (κ1) is 15.2. The highest BCUT2D eigenvalue weighted by Crippen LogP contribution is 2.16. The van der Waals surface area contributed by atoms with E-state index in [4.69, 9.17) is 0 Å². The number of urea groups is 1. The predicted octanol–water partition coefficient (Wildman–Crippen LogP) is 0.878. The number of hydrogen-bond donors (Lipinski definition) is 2. The molecule has 1 aliphatic rings. The van der Waals surface area contributed by atoms with E-state index in [1.54, 1.807) is 29.5 Å². The van der Waals surface area contributed by atoms with Gasteiger partial charge in [-0.15, -0.1) is 5.10 Å². The Balaban J connectivity index is 1.54. The molecule has 0 radical (unpaired) electrons. The molecule has 3 rings (SSSR count). The van der Waals surface area contributed by atoms with Crippen molar-refractivity contribution in [3.63, 3.8) is 0 Å². The molecule has 0 bridgehead atoms. The Kier molecular flexibility index (Phi) is 4.65. The lowest BCUT2D eigenvalue weighted by Crippen LogP contribution is -2.49. The predicted molar refractivity (Wildman–Crippen MR) is 85.1 cm³/mol. The van der Waals surface area contributed by atoms with Gasteiger partial charge in [-0.2, -0.15) is 0 Å². The maximum absolute atomic E-state index is 12.1. The molecule has 23 heavy (non-hydrogen) atoms. The molecule has 0 saturated carbocycles. The second-order valence-electron chi connectivity index (χ2n) is 5.41. The Bertz CT molecular complexity index is 643. The van der Waals surface area contributed by atoms with Crippen molar-refractivity contribution in [1.82, 2.24) is 30.3 Å². The van der Waals surface area contributed by atoms with Gasteiger partial charge >= 0.3 is 6.03 Å². The lowest BCUT2D eigenvalue weighted by atomic mass is 10.1. The number of aromatic nitrogens is 5. The largest absolute Gasteiger partial charge is 0.353 e. The van der Waals surface area contributed by atoms with Crippen molar-refractivity contribution in [2.24, 2.45) is 0 Å². The van der Waals surface area contributed by atoms with Crippen LogP contribution >= 0.6 is 0 Å². The SMILES string of the molecule is CCn1cc(NC(=O)N[C@@H]2CCCN(c3cnccn3)C2)nn1. The summed E-state index contributed by atoms with van der Waals surface area (Å²) in [5, 5.41) is 13.5. The van der Waals surface area contributed by atoms with Gasteiger partial charge in [0.15, 0.2) is 5.82 Å². The molecular formula is C14H20N8O. The summed E-state index contributed by atoms with van der Waals surface area (Å²) in [5.41, 5.74) is 0. The van der Waals surface area contributed by atoms with E-state index in [9.17, 15) is 4.79 Å². The van der Waals surface area contributed by atoms with Gasteiger partial charge in [-0.05, 0) is 19.8 Å². The van der Waals surface area contributed by atoms with Crippen LogP contribution in [-0.4, -0.2) is 50.1 Å². The minimum Gasteiger partial charge on any atom is -0.353 e. The summed E-state index contributed by atoms with van der Waals surface area (Å²) in [6.45, 7) is 4.31. The van der Waals surface area contributed by atoms with Crippen LogP contribution in [0.1, 0.15) is 19.8 Å². The fraction of sp³-hybridized carbons (Fsp3) is 0.500. The summed E-state index contributed by atoms with van der Waals surface area (Å²) in [5.74, 6) is 1.29. The fourth-order valence-corrected chi connectivity index (χ4v) is 2.61. The van der Waals surface area contributed by atoms with Crippen LogP contribution in [0.25, 0.3) is 0 Å². The topological polar surface area (TPSA) is 101 Å². The third-order valence-electron chi connectivity index (χ3n) is 3.73. The minimum absolute atomic E-state index is 0.0620. The molecule has 0 spiro atoms. The summed E-state index contributed by atoms with van der Waals surface area (Å²) in [4.78, 5) is 22.6. The van der Waals surface area contributed by atoms with Gasteiger partial charge in [-0.25, -0.2) is 9.78 Å². The van der Waals surface area contributed by atoms with Crippen LogP contribution in [0.2, 0.25) is 0 Å². The van der Waals surface area contributed by atoms with Gasteiger partial charge < -0.3 is 10.2 Å². The lowest BCUT2D eigenvalue weighted by molar-refractivity contribution is 0.246. The molecule has 0 unspecified atom stereocenters. The Morgan fingerprint density at radius 3 is 3.09 bits per heavy atom. The maximum Gasteiger partial charge on any atom is 0.320 e. The summed E-state index contributed by atoms with van der Waals surface area (Å²) >= 11 is 0. The van der Waals surface area contributed by atoms with Crippen LogP contribution in [-0.2, 0) is 6.54 Å². The standard InChI is InChI=1S/C14H20N8O/c1-2-22-10-12(19-20-22)18-14(23)17-11-4-3-7-21(9-11)13-8-15-5-6-16-13/h5-6,8,10-11H,2-4,7,9H2,1H3,(H2,17,18,23)/t11-/m1/s1. The summed E-state index contributed by atoms with van der Waals surface area (Å²) in [6.07, 6.45) is 8.70. The molecule has 0 aliphatic carbocycles. The number of rotatable bonds is 4.